The summed E-state index contributed by atoms with van der Waals surface area (Å²) < 4.78 is 0. The van der Waals surface area contributed by atoms with Crippen LogP contribution in [0.2, 0.25) is 0 Å². The zero-order chi connectivity index (χ0) is 10.7. The molecule has 1 aliphatic rings. The molecule has 0 saturated heterocycles. The Bertz CT molecular complexity index is 424. The van der Waals surface area contributed by atoms with Gasteiger partial charge in [0.2, 0.25) is 0 Å². The lowest BCUT2D eigenvalue weighted by atomic mass is 9.90. The quantitative estimate of drug-likeness (QED) is 0.894. The van der Waals surface area contributed by atoms with E-state index in [4.69, 9.17) is 5.11 Å². The average molecular weight is 273 g/mol. The normalized spacial score (nSPS) is 17.4. The number of hydrogen-bond acceptors (Lipinski definition) is 1. The van der Waals surface area contributed by atoms with Crippen molar-refractivity contribution in [3.63, 3.8) is 0 Å². The molecular weight excluding hydrogens is 259 g/mol. The molecule has 17 heavy (non-hydrogen) atoms. The highest BCUT2D eigenvalue weighted by molar-refractivity contribution is 5.90. The number of carboxylic acid groups (broad SMARTS) is 1. The highest BCUT2D eigenvalue weighted by atomic mass is 35.5. The lowest BCUT2D eigenvalue weighted by Gasteiger charge is -2.14. The monoisotopic (exact) mass is 272 g/mol. The van der Waals surface area contributed by atoms with Gasteiger partial charge in [-0.2, -0.15) is 0 Å². The number of hydrogen-bond donors (Lipinski definition) is 1. The van der Waals surface area contributed by atoms with Crippen LogP contribution in [0.3, 0.4) is 0 Å². The summed E-state index contributed by atoms with van der Waals surface area (Å²) >= 11 is 0. The number of allylic oxidation sites excluding steroid dienone is 2. The van der Waals surface area contributed by atoms with Crippen molar-refractivity contribution in [3.05, 3.63) is 59.7 Å². The second-order valence-corrected chi connectivity index (χ2v) is 3.58. The van der Waals surface area contributed by atoms with E-state index in [0.29, 0.717) is 11.5 Å². The highest BCUT2D eigenvalue weighted by Crippen LogP contribution is 2.26. The van der Waals surface area contributed by atoms with Gasteiger partial charge >= 0.3 is 5.97 Å². The number of carboxylic acids is 1. The molecule has 1 aromatic carbocycles. The van der Waals surface area contributed by atoms with Gasteiger partial charge in [0.15, 0.2) is 0 Å². The summed E-state index contributed by atoms with van der Waals surface area (Å²) in [5.41, 5.74) is 1.62. The zero-order valence-electron chi connectivity index (χ0n) is 9.08. The molecule has 1 atom stereocenters. The molecule has 0 aliphatic heterocycles. The van der Waals surface area contributed by atoms with Crippen LogP contribution in [0.5, 0.6) is 0 Å². The van der Waals surface area contributed by atoms with Crippen molar-refractivity contribution in [1.29, 1.82) is 0 Å². The third kappa shape index (κ3) is 3.91. The summed E-state index contributed by atoms with van der Waals surface area (Å²) in [6, 6.07) is 10.1. The first-order valence-electron chi connectivity index (χ1n) is 4.94. The topological polar surface area (TPSA) is 37.3 Å². The molecule has 1 N–H and O–H groups in total. The van der Waals surface area contributed by atoms with E-state index >= 15 is 0 Å². The fraction of sp³-hybridized carbons (Fsp3) is 0.154. The Morgan fingerprint density at radius 2 is 1.82 bits per heavy atom. The maximum Gasteiger partial charge on any atom is 0.335 e. The van der Waals surface area contributed by atoms with Gasteiger partial charge in [0.1, 0.15) is 0 Å². The van der Waals surface area contributed by atoms with Gasteiger partial charge in [0.25, 0.3) is 0 Å². The van der Waals surface area contributed by atoms with Gasteiger partial charge in [-0.15, -0.1) is 24.8 Å². The van der Waals surface area contributed by atoms with Crippen molar-refractivity contribution >= 4 is 30.8 Å². The first kappa shape index (κ1) is 15.8. The van der Waals surface area contributed by atoms with E-state index < -0.39 is 5.97 Å². The molecule has 1 unspecified atom stereocenters. The van der Waals surface area contributed by atoms with Crippen LogP contribution in [0, 0.1) is 0 Å². The summed E-state index contributed by atoms with van der Waals surface area (Å²) in [6.45, 7) is 0. The fourth-order valence-corrected chi connectivity index (χ4v) is 1.73. The van der Waals surface area contributed by atoms with Gasteiger partial charge in [-0.3, -0.25) is 0 Å². The van der Waals surface area contributed by atoms with Crippen LogP contribution in [0.4, 0.5) is 0 Å². The highest BCUT2D eigenvalue weighted by Gasteiger charge is 2.13. The van der Waals surface area contributed by atoms with Crippen LogP contribution in [0.15, 0.2) is 54.1 Å². The molecule has 4 heteroatoms. The largest absolute Gasteiger partial charge is 0.478 e. The molecule has 2 nitrogen and oxygen atoms in total. The van der Waals surface area contributed by atoms with Crippen LogP contribution < -0.4 is 0 Å². The van der Waals surface area contributed by atoms with E-state index in [2.05, 4.69) is 12.1 Å². The molecule has 0 fully saturated rings. The van der Waals surface area contributed by atoms with Crippen molar-refractivity contribution in [2.24, 2.45) is 0 Å². The van der Waals surface area contributed by atoms with Crippen LogP contribution in [-0.4, -0.2) is 11.1 Å². The summed E-state index contributed by atoms with van der Waals surface area (Å²) in [6.07, 6.45) is 6.18. The van der Waals surface area contributed by atoms with Gasteiger partial charge in [0.05, 0.1) is 5.57 Å². The zero-order valence-corrected chi connectivity index (χ0v) is 10.7. The number of halogens is 2. The summed E-state index contributed by atoms with van der Waals surface area (Å²) in [7, 11) is 0. The Kier molecular flexibility index (Phi) is 6.62. The van der Waals surface area contributed by atoms with E-state index in [9.17, 15) is 4.79 Å². The molecule has 0 bridgehead atoms. The fourth-order valence-electron chi connectivity index (χ4n) is 1.73. The minimum absolute atomic E-state index is 0. The van der Waals surface area contributed by atoms with Gasteiger partial charge in [-0.25, -0.2) is 4.79 Å². The minimum atomic E-state index is -0.849. The van der Waals surface area contributed by atoms with Crippen LogP contribution in [-0.2, 0) is 4.79 Å². The second-order valence-electron chi connectivity index (χ2n) is 3.58. The Morgan fingerprint density at radius 1 is 1.18 bits per heavy atom. The number of benzene rings is 1. The lowest BCUT2D eigenvalue weighted by Crippen LogP contribution is -2.04. The molecule has 0 radical (unpaired) electrons. The summed E-state index contributed by atoms with van der Waals surface area (Å²) in [5, 5.41) is 8.78. The molecule has 92 valence electrons. The minimum Gasteiger partial charge on any atom is -0.478 e. The number of aliphatic carboxylic acids is 1. The predicted molar refractivity (Wildman–Crippen MR) is 73.2 cm³/mol. The third-order valence-electron chi connectivity index (χ3n) is 2.57. The molecule has 0 saturated carbocycles. The van der Waals surface area contributed by atoms with E-state index in [1.54, 1.807) is 12.2 Å². The Hall–Kier alpha value is -1.25. The van der Waals surface area contributed by atoms with Gasteiger partial charge < -0.3 is 5.11 Å². The Balaban J connectivity index is 0.00000128. The predicted octanol–water partition coefficient (Wildman–Crippen LogP) is 3.58. The molecule has 1 aromatic rings. The number of rotatable bonds is 2. The van der Waals surface area contributed by atoms with Crippen molar-refractivity contribution in [2.45, 2.75) is 12.3 Å². The van der Waals surface area contributed by atoms with Gasteiger partial charge in [-0.1, -0.05) is 48.6 Å². The molecule has 0 heterocycles. The molecule has 0 aromatic heterocycles. The maximum atomic E-state index is 10.7. The summed E-state index contributed by atoms with van der Waals surface area (Å²) in [4.78, 5) is 10.7. The maximum absolute atomic E-state index is 10.7. The standard InChI is InChI=1S/C13H12O2.2ClH/c14-13(15)12-8-6-11(7-9-12)10-4-2-1-3-5-10;;/h1-6,8-9,11H,7H2,(H,14,15);2*1H. The van der Waals surface area contributed by atoms with Gasteiger partial charge in [-0.05, 0) is 12.0 Å². The first-order valence-corrected chi connectivity index (χ1v) is 4.94. The van der Waals surface area contributed by atoms with Crippen LogP contribution in [0.1, 0.15) is 17.9 Å². The summed E-state index contributed by atoms with van der Waals surface area (Å²) in [5.74, 6) is -0.535. The smallest absolute Gasteiger partial charge is 0.335 e. The molecular formula is C13H14Cl2O2. The SMILES string of the molecule is Cl.Cl.O=C(O)C1=CCC(c2ccccc2)C=C1. The van der Waals surface area contributed by atoms with E-state index in [-0.39, 0.29) is 24.8 Å². The van der Waals surface area contributed by atoms with E-state index in [0.717, 1.165) is 6.42 Å². The molecule has 0 amide bonds. The van der Waals surface area contributed by atoms with Gasteiger partial charge in [0, 0.05) is 5.92 Å². The van der Waals surface area contributed by atoms with Crippen LogP contribution in [0.25, 0.3) is 0 Å². The molecule has 1 aliphatic carbocycles. The lowest BCUT2D eigenvalue weighted by molar-refractivity contribution is -0.132. The van der Waals surface area contributed by atoms with Crippen molar-refractivity contribution in [2.75, 3.05) is 0 Å². The van der Waals surface area contributed by atoms with Crippen molar-refractivity contribution in [1.82, 2.24) is 0 Å². The molecule has 0 spiro atoms. The van der Waals surface area contributed by atoms with E-state index in [1.807, 2.05) is 24.3 Å². The first-order chi connectivity index (χ1) is 7.27. The van der Waals surface area contributed by atoms with Crippen molar-refractivity contribution in [3.8, 4) is 0 Å². The molecule has 2 rings (SSSR count). The van der Waals surface area contributed by atoms with E-state index in [1.165, 1.54) is 5.56 Å². The average Bonchev–Trinajstić information content (AvgIpc) is 2.30. The second kappa shape index (κ2) is 7.15. The van der Waals surface area contributed by atoms with Crippen LogP contribution >= 0.6 is 24.8 Å². The Labute approximate surface area is 113 Å². The third-order valence-corrected chi connectivity index (χ3v) is 2.57. The Morgan fingerprint density at radius 3 is 2.29 bits per heavy atom. The number of carbonyl (C=O) groups is 1. The van der Waals surface area contributed by atoms with Crippen molar-refractivity contribution < 1.29 is 9.90 Å².